The molecule has 31 heavy (non-hydrogen) atoms. The first-order chi connectivity index (χ1) is 15.2. The molecule has 4 aromatic rings. The van der Waals surface area contributed by atoms with E-state index in [2.05, 4.69) is 15.2 Å². The molecule has 1 fully saturated rings. The van der Waals surface area contributed by atoms with Gasteiger partial charge in [-0.3, -0.25) is 14.1 Å². The second-order valence-corrected chi connectivity index (χ2v) is 7.99. The molecule has 160 valence electrons. The molecule has 4 N–H and O–H groups in total. The molecule has 8 nitrogen and oxygen atoms in total. The fraction of sp³-hybridized carbons (Fsp3) is 0.348. The zero-order valence-electron chi connectivity index (χ0n) is 17.4. The fourth-order valence-electron chi connectivity index (χ4n) is 4.52. The number of nitrogens with two attached hydrogens (primary N) is 1. The number of rotatable bonds is 7. The van der Waals surface area contributed by atoms with Crippen molar-refractivity contribution in [2.24, 2.45) is 0 Å². The number of aromatic nitrogens is 2. The van der Waals surface area contributed by atoms with Crippen molar-refractivity contribution >= 4 is 44.9 Å². The van der Waals surface area contributed by atoms with E-state index in [9.17, 15) is 4.79 Å². The number of imidazole rings is 1. The summed E-state index contributed by atoms with van der Waals surface area (Å²) in [6.07, 6.45) is 4.99. The van der Waals surface area contributed by atoms with Crippen LogP contribution in [0.25, 0.3) is 27.3 Å². The second-order valence-electron chi connectivity index (χ2n) is 7.99. The number of benzene rings is 2. The van der Waals surface area contributed by atoms with Gasteiger partial charge in [-0.1, -0.05) is 0 Å². The van der Waals surface area contributed by atoms with Crippen LogP contribution < -0.4 is 16.5 Å². The zero-order chi connectivity index (χ0) is 21.4. The maximum Gasteiger partial charge on any atom is 0.200 e. The van der Waals surface area contributed by atoms with E-state index in [0.29, 0.717) is 22.0 Å². The van der Waals surface area contributed by atoms with Gasteiger partial charge in [-0.05, 0) is 43.7 Å². The summed E-state index contributed by atoms with van der Waals surface area (Å²) in [6.45, 7) is 5.50. The van der Waals surface area contributed by atoms with E-state index in [1.807, 2.05) is 22.6 Å². The minimum atomic E-state index is -0.116. The van der Waals surface area contributed by atoms with Crippen molar-refractivity contribution in [3.05, 3.63) is 46.4 Å². The summed E-state index contributed by atoms with van der Waals surface area (Å²) in [5.41, 5.74) is 9.93. The molecule has 3 heterocycles. The van der Waals surface area contributed by atoms with Crippen LogP contribution in [0.2, 0.25) is 0 Å². The lowest BCUT2D eigenvalue weighted by molar-refractivity contribution is 0.0373. The Morgan fingerprint density at radius 2 is 2.00 bits per heavy atom. The summed E-state index contributed by atoms with van der Waals surface area (Å²) in [5, 5.41) is 12.3. The van der Waals surface area contributed by atoms with Gasteiger partial charge in [0.2, 0.25) is 0 Å². The molecule has 0 spiro atoms. The number of nitrogens with one attached hydrogen (secondary N) is 2. The van der Waals surface area contributed by atoms with Gasteiger partial charge in [0.15, 0.2) is 5.43 Å². The molecule has 0 saturated carbocycles. The highest BCUT2D eigenvalue weighted by Crippen LogP contribution is 2.30. The predicted octanol–water partition coefficient (Wildman–Crippen LogP) is 2.54. The first-order valence-corrected chi connectivity index (χ1v) is 10.7. The molecule has 0 aliphatic carbocycles. The Bertz CT molecular complexity index is 1310. The number of fused-ring (bicyclic) bond motifs is 2. The molecule has 0 bridgehead atoms. The van der Waals surface area contributed by atoms with Crippen LogP contribution in [0.3, 0.4) is 0 Å². The van der Waals surface area contributed by atoms with Crippen molar-refractivity contribution in [2.75, 3.05) is 50.4 Å². The number of nitrogen functional groups attached to an aromatic ring is 1. The molecule has 1 aliphatic heterocycles. The molecule has 0 amide bonds. The normalized spacial score (nSPS) is 15.2. The van der Waals surface area contributed by atoms with Crippen LogP contribution in [-0.2, 0) is 4.74 Å². The lowest BCUT2D eigenvalue weighted by Gasteiger charge is -2.26. The van der Waals surface area contributed by atoms with Crippen molar-refractivity contribution in [3.63, 3.8) is 0 Å². The average molecular weight is 419 g/mol. The van der Waals surface area contributed by atoms with Crippen molar-refractivity contribution in [1.29, 1.82) is 5.41 Å². The van der Waals surface area contributed by atoms with Gasteiger partial charge in [-0.15, -0.1) is 0 Å². The Labute approximate surface area is 179 Å². The van der Waals surface area contributed by atoms with Gasteiger partial charge in [0.25, 0.3) is 0 Å². The maximum absolute atomic E-state index is 13.6. The van der Waals surface area contributed by atoms with Gasteiger partial charge in [-0.25, -0.2) is 4.98 Å². The van der Waals surface area contributed by atoms with E-state index in [0.717, 1.165) is 80.7 Å². The quantitative estimate of drug-likeness (QED) is 0.184. The van der Waals surface area contributed by atoms with E-state index >= 15 is 0 Å². The monoisotopic (exact) mass is 418 g/mol. The highest BCUT2D eigenvalue weighted by Gasteiger charge is 2.19. The summed E-state index contributed by atoms with van der Waals surface area (Å²) >= 11 is 0. The Morgan fingerprint density at radius 3 is 2.81 bits per heavy atom. The van der Waals surface area contributed by atoms with Gasteiger partial charge in [0.1, 0.15) is 6.33 Å². The maximum atomic E-state index is 13.6. The Hall–Kier alpha value is -3.23. The van der Waals surface area contributed by atoms with E-state index in [1.165, 1.54) is 0 Å². The number of unbranched alkanes of at least 4 members (excludes halogenated alkanes) is 1. The highest BCUT2D eigenvalue weighted by molar-refractivity contribution is 6.11. The number of pyridine rings is 1. The third-order valence-electron chi connectivity index (χ3n) is 6.15. The smallest absolute Gasteiger partial charge is 0.200 e. The molecule has 8 heteroatoms. The molecule has 2 aromatic heterocycles. The Kier molecular flexibility index (Phi) is 5.17. The summed E-state index contributed by atoms with van der Waals surface area (Å²) in [7, 11) is 0. The van der Waals surface area contributed by atoms with Crippen LogP contribution in [-0.4, -0.2) is 59.9 Å². The number of nitrogens with zero attached hydrogens (tertiary/aromatic N) is 3. The van der Waals surface area contributed by atoms with Gasteiger partial charge in [-0.2, -0.15) is 0 Å². The third-order valence-corrected chi connectivity index (χ3v) is 6.15. The van der Waals surface area contributed by atoms with Gasteiger partial charge >= 0.3 is 0 Å². The minimum absolute atomic E-state index is 0.116. The third kappa shape index (κ3) is 3.37. The number of ether oxygens (including phenoxy) is 1. The van der Waals surface area contributed by atoms with Crippen LogP contribution in [0.15, 0.2) is 35.4 Å². The second kappa shape index (κ2) is 8.13. The molecule has 5 rings (SSSR count). The molecule has 0 atom stereocenters. The van der Waals surface area contributed by atoms with Crippen molar-refractivity contribution < 1.29 is 4.74 Å². The lowest BCUT2D eigenvalue weighted by atomic mass is 10.0. The topological polar surface area (TPSA) is 109 Å². The van der Waals surface area contributed by atoms with E-state index in [-0.39, 0.29) is 5.43 Å². The lowest BCUT2D eigenvalue weighted by Crippen LogP contribution is -2.36. The van der Waals surface area contributed by atoms with Crippen molar-refractivity contribution in [2.45, 2.75) is 12.8 Å². The first kappa shape index (κ1) is 19.7. The Morgan fingerprint density at radius 1 is 1.16 bits per heavy atom. The van der Waals surface area contributed by atoms with Crippen LogP contribution in [0.5, 0.6) is 0 Å². The van der Waals surface area contributed by atoms with Crippen LogP contribution in [0.4, 0.5) is 11.4 Å². The van der Waals surface area contributed by atoms with Crippen molar-refractivity contribution in [1.82, 2.24) is 14.3 Å². The molecule has 0 unspecified atom stereocenters. The summed E-state index contributed by atoms with van der Waals surface area (Å²) in [6, 6.07) is 7.43. The van der Waals surface area contributed by atoms with Crippen LogP contribution >= 0.6 is 0 Å². The number of morpholine rings is 1. The van der Waals surface area contributed by atoms with E-state index in [1.54, 1.807) is 12.4 Å². The van der Waals surface area contributed by atoms with Gasteiger partial charge in [0, 0.05) is 42.8 Å². The number of hydrogen-bond donors (Lipinski definition) is 3. The summed E-state index contributed by atoms with van der Waals surface area (Å²) in [5.74, 6) is 0. The predicted molar refractivity (Wildman–Crippen MR) is 125 cm³/mol. The minimum Gasteiger partial charge on any atom is -0.398 e. The molecule has 1 saturated heterocycles. The van der Waals surface area contributed by atoms with E-state index in [4.69, 9.17) is 15.9 Å². The van der Waals surface area contributed by atoms with Crippen molar-refractivity contribution in [3.8, 4) is 0 Å². The molecular weight excluding hydrogens is 392 g/mol. The Balaban J connectivity index is 1.47. The number of hydrogen-bond acceptors (Lipinski definition) is 7. The highest BCUT2D eigenvalue weighted by atomic mass is 16.5. The first-order valence-electron chi connectivity index (χ1n) is 10.7. The average Bonchev–Trinajstić information content (AvgIpc) is 3.22. The molecular formula is C23H26N6O2. The van der Waals surface area contributed by atoms with Gasteiger partial charge < -0.3 is 21.2 Å². The van der Waals surface area contributed by atoms with Crippen LogP contribution in [0.1, 0.15) is 18.4 Å². The number of anilines is 2. The molecule has 1 aliphatic rings. The van der Waals surface area contributed by atoms with E-state index < -0.39 is 0 Å². The molecule has 0 radical (unpaired) electrons. The zero-order valence-corrected chi connectivity index (χ0v) is 17.4. The largest absolute Gasteiger partial charge is 0.398 e. The summed E-state index contributed by atoms with van der Waals surface area (Å²) < 4.78 is 7.33. The van der Waals surface area contributed by atoms with Gasteiger partial charge in [0.05, 0.1) is 40.5 Å². The standard InChI is InChI=1S/C23H26N6O2/c24-13-15-16(25)3-6-19-20(15)23(30)21-17(4-5-18-22(21)29(19)14-27-18)26-7-1-2-8-28-9-11-31-12-10-28/h3-6,13-14,24,26H,1-2,7-12,25H2. The fourth-order valence-corrected chi connectivity index (χ4v) is 4.52. The SMILES string of the molecule is N=Cc1c(N)ccc2c1c(=O)c1c(NCCCCN3CCOCC3)ccc3ncn2c31. The summed E-state index contributed by atoms with van der Waals surface area (Å²) in [4.78, 5) is 20.5. The molecule has 2 aromatic carbocycles. The van der Waals surface area contributed by atoms with Crippen LogP contribution in [0, 0.1) is 5.41 Å².